The fourth-order valence-corrected chi connectivity index (χ4v) is 1.76. The van der Waals surface area contributed by atoms with Crippen LogP contribution in [0.4, 0.5) is 0 Å². The summed E-state index contributed by atoms with van der Waals surface area (Å²) in [7, 11) is 0. The van der Waals surface area contributed by atoms with Gasteiger partial charge in [-0.2, -0.15) is 0 Å². The number of carbonyl (C=O) groups excluding carboxylic acids is 1. The third-order valence-electron chi connectivity index (χ3n) is 2.66. The number of nitrogens with zero attached hydrogens (tertiary/aromatic N) is 1. The Hall–Kier alpha value is -1.85. The van der Waals surface area contributed by atoms with E-state index in [0.29, 0.717) is 5.92 Å². The van der Waals surface area contributed by atoms with Gasteiger partial charge in [-0.15, -0.1) is 0 Å². The van der Waals surface area contributed by atoms with Crippen LogP contribution in [0.5, 0.6) is 0 Å². The fraction of sp³-hybridized carbons (Fsp3) is 0.500. The number of carboxylic acids is 1. The quantitative estimate of drug-likeness (QED) is 0.795. The van der Waals surface area contributed by atoms with Gasteiger partial charge in [0, 0.05) is 12.1 Å². The van der Waals surface area contributed by atoms with E-state index in [-0.39, 0.29) is 23.4 Å². The smallest absolute Gasteiger partial charge is 0.374 e. The predicted molar refractivity (Wildman–Crippen MR) is 53.1 cm³/mol. The summed E-state index contributed by atoms with van der Waals surface area (Å²) in [5.41, 5.74) is 0.0111. The van der Waals surface area contributed by atoms with Crippen LogP contribution in [0.3, 0.4) is 0 Å². The number of carbonyl (C=O) groups is 2. The summed E-state index contributed by atoms with van der Waals surface area (Å²) in [6, 6.07) is 1.30. The van der Waals surface area contributed by atoms with Crippen molar-refractivity contribution in [2.45, 2.75) is 25.8 Å². The number of hydrogen-bond acceptors (Lipinski definition) is 4. The number of aromatic carboxylic acids is 1. The van der Waals surface area contributed by atoms with Gasteiger partial charge >= 0.3 is 5.97 Å². The lowest BCUT2D eigenvalue weighted by Gasteiger charge is -2.32. The van der Waals surface area contributed by atoms with Crippen LogP contribution >= 0.6 is 0 Å². The Balaban J connectivity index is 1.95. The van der Waals surface area contributed by atoms with Gasteiger partial charge in [0.2, 0.25) is 5.76 Å². The van der Waals surface area contributed by atoms with Crippen LogP contribution in [0.2, 0.25) is 0 Å². The summed E-state index contributed by atoms with van der Waals surface area (Å²) in [6.07, 6.45) is 1.91. The minimum absolute atomic E-state index is 0.0111. The van der Waals surface area contributed by atoms with Crippen molar-refractivity contribution in [3.63, 3.8) is 0 Å². The molecule has 1 amide bonds. The lowest BCUT2D eigenvalue weighted by molar-refractivity contribution is 0.0650. The van der Waals surface area contributed by atoms with Gasteiger partial charge < -0.3 is 14.9 Å². The number of hydrogen-bond donors (Lipinski definition) is 2. The predicted octanol–water partition coefficient (Wildman–Crippen LogP) is 0.901. The number of carboxylic acid groups (broad SMARTS) is 1. The molecule has 1 aliphatic rings. The molecule has 0 aromatic carbocycles. The molecule has 0 saturated heterocycles. The first-order valence-corrected chi connectivity index (χ1v) is 5.07. The van der Waals surface area contributed by atoms with Crippen LogP contribution in [0, 0.1) is 5.92 Å². The Bertz CT molecular complexity index is 420. The van der Waals surface area contributed by atoms with Gasteiger partial charge in [0.05, 0.1) is 0 Å². The minimum Gasteiger partial charge on any atom is -0.475 e. The van der Waals surface area contributed by atoms with Gasteiger partial charge in [-0.25, -0.2) is 4.79 Å². The average molecular weight is 224 g/mol. The summed E-state index contributed by atoms with van der Waals surface area (Å²) in [6.45, 7) is 2.11. The SMILES string of the molecule is CC1CC(NC(=O)c2cc(C(=O)O)on2)C1. The van der Waals surface area contributed by atoms with Crippen molar-refractivity contribution < 1.29 is 19.2 Å². The Morgan fingerprint density at radius 1 is 1.56 bits per heavy atom. The van der Waals surface area contributed by atoms with Gasteiger partial charge in [0.25, 0.3) is 5.91 Å². The van der Waals surface area contributed by atoms with Crippen molar-refractivity contribution in [2.24, 2.45) is 5.92 Å². The van der Waals surface area contributed by atoms with Crippen molar-refractivity contribution in [2.75, 3.05) is 0 Å². The van der Waals surface area contributed by atoms with Gasteiger partial charge in [-0.1, -0.05) is 12.1 Å². The van der Waals surface area contributed by atoms with Crippen molar-refractivity contribution in [3.05, 3.63) is 17.5 Å². The van der Waals surface area contributed by atoms with E-state index in [2.05, 4.69) is 21.9 Å². The molecule has 0 radical (unpaired) electrons. The molecule has 1 aromatic rings. The van der Waals surface area contributed by atoms with Gasteiger partial charge in [-0.05, 0) is 18.8 Å². The van der Waals surface area contributed by atoms with Crippen LogP contribution in [0.15, 0.2) is 10.6 Å². The molecule has 0 bridgehead atoms. The first-order chi connectivity index (χ1) is 7.56. The van der Waals surface area contributed by atoms with E-state index in [1.807, 2.05) is 0 Å². The summed E-state index contributed by atoms with van der Waals surface area (Å²) in [5, 5.41) is 14.7. The molecule has 0 atom stereocenters. The summed E-state index contributed by atoms with van der Waals surface area (Å²) in [5.74, 6) is -1.30. The topological polar surface area (TPSA) is 92.4 Å². The number of amides is 1. The van der Waals surface area contributed by atoms with E-state index in [0.717, 1.165) is 18.9 Å². The lowest BCUT2D eigenvalue weighted by atomic mass is 9.82. The van der Waals surface area contributed by atoms with Crippen LogP contribution < -0.4 is 5.32 Å². The maximum atomic E-state index is 11.6. The second-order valence-electron chi connectivity index (χ2n) is 4.13. The molecule has 0 aliphatic heterocycles. The Kier molecular flexibility index (Phi) is 2.64. The second-order valence-corrected chi connectivity index (χ2v) is 4.13. The fourth-order valence-electron chi connectivity index (χ4n) is 1.76. The zero-order valence-electron chi connectivity index (χ0n) is 8.77. The van der Waals surface area contributed by atoms with Crippen LogP contribution in [0.1, 0.15) is 40.8 Å². The van der Waals surface area contributed by atoms with Crippen molar-refractivity contribution in [3.8, 4) is 0 Å². The molecule has 0 spiro atoms. The molecule has 86 valence electrons. The molecule has 2 N–H and O–H groups in total. The van der Waals surface area contributed by atoms with Crippen LogP contribution in [-0.2, 0) is 0 Å². The number of nitrogens with one attached hydrogen (secondary N) is 1. The van der Waals surface area contributed by atoms with Gasteiger partial charge in [0.15, 0.2) is 5.69 Å². The van der Waals surface area contributed by atoms with E-state index in [1.54, 1.807) is 0 Å². The van der Waals surface area contributed by atoms with Crippen molar-refractivity contribution in [1.82, 2.24) is 10.5 Å². The third kappa shape index (κ3) is 2.05. The third-order valence-corrected chi connectivity index (χ3v) is 2.66. The van der Waals surface area contributed by atoms with Crippen LogP contribution in [0.25, 0.3) is 0 Å². The second kappa shape index (κ2) is 3.96. The maximum Gasteiger partial charge on any atom is 0.374 e. The summed E-state index contributed by atoms with van der Waals surface area (Å²) >= 11 is 0. The molecule has 0 unspecified atom stereocenters. The van der Waals surface area contributed by atoms with Gasteiger partial charge in [0.1, 0.15) is 0 Å². The molecule has 1 saturated carbocycles. The molecule has 1 heterocycles. The molecule has 6 nitrogen and oxygen atoms in total. The Morgan fingerprint density at radius 3 is 2.75 bits per heavy atom. The molecule has 16 heavy (non-hydrogen) atoms. The average Bonchev–Trinajstić information content (AvgIpc) is 2.63. The highest BCUT2D eigenvalue weighted by Crippen LogP contribution is 2.26. The first-order valence-electron chi connectivity index (χ1n) is 5.07. The van der Waals surface area contributed by atoms with Crippen molar-refractivity contribution in [1.29, 1.82) is 0 Å². The Labute approximate surface area is 91.6 Å². The van der Waals surface area contributed by atoms with E-state index in [1.165, 1.54) is 0 Å². The number of rotatable bonds is 3. The highest BCUT2D eigenvalue weighted by molar-refractivity contribution is 5.95. The number of aromatic nitrogens is 1. The zero-order chi connectivity index (χ0) is 11.7. The maximum absolute atomic E-state index is 11.6. The monoisotopic (exact) mass is 224 g/mol. The summed E-state index contributed by atoms with van der Waals surface area (Å²) in [4.78, 5) is 22.1. The highest BCUT2D eigenvalue weighted by atomic mass is 16.5. The normalized spacial score (nSPS) is 23.6. The van der Waals surface area contributed by atoms with E-state index >= 15 is 0 Å². The first kappa shape index (κ1) is 10.7. The molecule has 1 aliphatic carbocycles. The molecular formula is C10H12N2O4. The van der Waals surface area contributed by atoms with Gasteiger partial charge in [-0.3, -0.25) is 4.79 Å². The standard InChI is InChI=1S/C10H12N2O4/c1-5-2-6(3-5)11-9(13)7-4-8(10(14)15)16-12-7/h4-6H,2-3H2,1H3,(H,11,13)(H,14,15). The molecule has 1 fully saturated rings. The Morgan fingerprint density at radius 2 is 2.25 bits per heavy atom. The zero-order valence-corrected chi connectivity index (χ0v) is 8.77. The van der Waals surface area contributed by atoms with E-state index < -0.39 is 5.97 Å². The van der Waals surface area contributed by atoms with Crippen LogP contribution in [-0.4, -0.2) is 28.2 Å². The van der Waals surface area contributed by atoms with E-state index in [4.69, 9.17) is 5.11 Å². The van der Waals surface area contributed by atoms with Crippen molar-refractivity contribution >= 4 is 11.9 Å². The molecule has 1 aromatic heterocycles. The largest absolute Gasteiger partial charge is 0.475 e. The van der Waals surface area contributed by atoms with E-state index in [9.17, 15) is 9.59 Å². The molecule has 6 heteroatoms. The molecule has 2 rings (SSSR count). The highest BCUT2D eigenvalue weighted by Gasteiger charge is 2.28. The minimum atomic E-state index is -1.23. The summed E-state index contributed by atoms with van der Waals surface area (Å²) < 4.78 is 4.49. The lowest BCUT2D eigenvalue weighted by Crippen LogP contribution is -2.43. The molecular weight excluding hydrogens is 212 g/mol.